The number of rotatable bonds is 3. The predicted octanol–water partition coefficient (Wildman–Crippen LogP) is 2.92. The maximum atomic E-state index is 4.22. The Hall–Kier alpha value is -0.830. The fraction of sp³-hybridized carbons (Fsp3) is 0.769. The van der Waals surface area contributed by atoms with Gasteiger partial charge in [-0.05, 0) is 19.8 Å². The lowest BCUT2D eigenvalue weighted by Gasteiger charge is -2.20. The van der Waals surface area contributed by atoms with Crippen molar-refractivity contribution in [3.63, 3.8) is 0 Å². The van der Waals surface area contributed by atoms with Gasteiger partial charge in [0.25, 0.3) is 0 Å². The second-order valence-electron chi connectivity index (χ2n) is 4.92. The first-order chi connectivity index (χ1) is 7.84. The van der Waals surface area contributed by atoms with Gasteiger partial charge in [0, 0.05) is 24.5 Å². The molecule has 3 nitrogen and oxygen atoms in total. The number of aromatic amines is 1. The Morgan fingerprint density at radius 3 is 2.56 bits per heavy atom. The summed E-state index contributed by atoms with van der Waals surface area (Å²) in [5, 5.41) is 3.65. The molecule has 0 unspecified atom stereocenters. The van der Waals surface area contributed by atoms with Crippen LogP contribution < -0.4 is 5.32 Å². The first kappa shape index (κ1) is 11.6. The van der Waals surface area contributed by atoms with Crippen LogP contribution in [0.2, 0.25) is 0 Å². The van der Waals surface area contributed by atoms with Crippen LogP contribution in [0.4, 0.5) is 0 Å². The quantitative estimate of drug-likeness (QED) is 0.824. The summed E-state index contributed by atoms with van der Waals surface area (Å²) in [6.45, 7) is 2.94. The van der Waals surface area contributed by atoms with E-state index in [1.165, 1.54) is 50.6 Å². The van der Waals surface area contributed by atoms with Gasteiger partial charge in [-0.25, -0.2) is 4.98 Å². The molecule has 2 N–H and O–H groups in total. The summed E-state index contributed by atoms with van der Waals surface area (Å²) in [7, 11) is 0. The maximum absolute atomic E-state index is 4.22. The van der Waals surface area contributed by atoms with Gasteiger partial charge in [0.05, 0.1) is 0 Å². The predicted molar refractivity (Wildman–Crippen MR) is 66.3 cm³/mol. The zero-order valence-corrected chi connectivity index (χ0v) is 10.3. The second-order valence-corrected chi connectivity index (χ2v) is 4.92. The van der Waals surface area contributed by atoms with Gasteiger partial charge in [-0.3, -0.25) is 0 Å². The minimum atomic E-state index is 0.712. The highest BCUT2D eigenvalue weighted by Gasteiger charge is 2.10. The molecule has 1 aliphatic rings. The maximum Gasteiger partial charge on any atom is 0.103 e. The van der Waals surface area contributed by atoms with Crippen LogP contribution >= 0.6 is 0 Å². The average Bonchev–Trinajstić information content (AvgIpc) is 2.63. The van der Waals surface area contributed by atoms with Gasteiger partial charge in [0.2, 0.25) is 0 Å². The van der Waals surface area contributed by atoms with Crippen molar-refractivity contribution in [2.45, 2.75) is 64.5 Å². The first-order valence-electron chi connectivity index (χ1n) is 6.58. The van der Waals surface area contributed by atoms with Gasteiger partial charge in [0.1, 0.15) is 5.82 Å². The molecule has 16 heavy (non-hydrogen) atoms. The van der Waals surface area contributed by atoms with E-state index in [9.17, 15) is 0 Å². The van der Waals surface area contributed by atoms with Crippen molar-refractivity contribution in [3.8, 4) is 0 Å². The third-order valence-electron chi connectivity index (χ3n) is 3.44. The number of imidazole rings is 1. The van der Waals surface area contributed by atoms with Crippen molar-refractivity contribution in [3.05, 3.63) is 17.7 Å². The van der Waals surface area contributed by atoms with Gasteiger partial charge < -0.3 is 10.3 Å². The topological polar surface area (TPSA) is 40.7 Å². The van der Waals surface area contributed by atoms with E-state index in [1.54, 1.807) is 0 Å². The SMILES string of the molecule is Cc1ncc(CNC2CCCCCCC2)[nH]1. The highest BCUT2D eigenvalue weighted by atomic mass is 15.0. The monoisotopic (exact) mass is 221 g/mol. The Balaban J connectivity index is 1.75. The van der Waals surface area contributed by atoms with Gasteiger partial charge in [0.15, 0.2) is 0 Å². The van der Waals surface area contributed by atoms with Crippen LogP contribution in [0.5, 0.6) is 0 Å². The van der Waals surface area contributed by atoms with Crippen LogP contribution in [0.1, 0.15) is 56.5 Å². The molecule has 0 saturated heterocycles. The number of aryl methyl sites for hydroxylation is 1. The molecule has 1 aromatic rings. The molecule has 0 amide bonds. The second kappa shape index (κ2) is 6.04. The van der Waals surface area contributed by atoms with Crippen molar-refractivity contribution in [2.75, 3.05) is 0 Å². The first-order valence-corrected chi connectivity index (χ1v) is 6.58. The zero-order valence-electron chi connectivity index (χ0n) is 10.3. The van der Waals surface area contributed by atoms with E-state index in [1.807, 2.05) is 13.1 Å². The van der Waals surface area contributed by atoms with E-state index in [2.05, 4.69) is 15.3 Å². The third kappa shape index (κ3) is 3.63. The van der Waals surface area contributed by atoms with Crippen LogP contribution in [-0.2, 0) is 6.54 Å². The average molecular weight is 221 g/mol. The molecule has 0 aromatic carbocycles. The largest absolute Gasteiger partial charge is 0.345 e. The van der Waals surface area contributed by atoms with Crippen LogP contribution in [0, 0.1) is 6.92 Å². The van der Waals surface area contributed by atoms with E-state index < -0.39 is 0 Å². The Morgan fingerprint density at radius 1 is 1.25 bits per heavy atom. The molecule has 1 fully saturated rings. The molecule has 2 rings (SSSR count). The van der Waals surface area contributed by atoms with E-state index >= 15 is 0 Å². The Bertz CT molecular complexity index is 298. The summed E-state index contributed by atoms with van der Waals surface area (Å²) >= 11 is 0. The minimum absolute atomic E-state index is 0.712. The van der Waals surface area contributed by atoms with Gasteiger partial charge >= 0.3 is 0 Å². The number of nitrogens with one attached hydrogen (secondary N) is 2. The lowest BCUT2D eigenvalue weighted by atomic mass is 9.97. The summed E-state index contributed by atoms with van der Waals surface area (Å²) in [5.41, 5.74) is 1.21. The van der Waals surface area contributed by atoms with Crippen LogP contribution in [0.25, 0.3) is 0 Å². The summed E-state index contributed by atoms with van der Waals surface area (Å²) in [5.74, 6) is 1.01. The molecule has 1 heterocycles. The van der Waals surface area contributed by atoms with Gasteiger partial charge in [-0.1, -0.05) is 32.1 Å². The van der Waals surface area contributed by atoms with E-state index in [4.69, 9.17) is 0 Å². The third-order valence-corrected chi connectivity index (χ3v) is 3.44. The summed E-state index contributed by atoms with van der Waals surface area (Å²) in [4.78, 5) is 7.49. The number of aromatic nitrogens is 2. The van der Waals surface area contributed by atoms with E-state index in [0.29, 0.717) is 6.04 Å². The smallest absolute Gasteiger partial charge is 0.103 e. The van der Waals surface area contributed by atoms with Gasteiger partial charge in [-0.2, -0.15) is 0 Å². The van der Waals surface area contributed by atoms with E-state index in [0.717, 1.165) is 12.4 Å². The van der Waals surface area contributed by atoms with Crippen molar-refractivity contribution in [2.24, 2.45) is 0 Å². The van der Waals surface area contributed by atoms with Crippen molar-refractivity contribution < 1.29 is 0 Å². The van der Waals surface area contributed by atoms with Crippen LogP contribution in [-0.4, -0.2) is 16.0 Å². The summed E-state index contributed by atoms with van der Waals surface area (Å²) < 4.78 is 0. The fourth-order valence-corrected chi connectivity index (χ4v) is 2.48. The summed E-state index contributed by atoms with van der Waals surface area (Å²) in [6, 6.07) is 0.712. The molecule has 1 saturated carbocycles. The normalized spacial score (nSPS) is 19.3. The molecule has 1 aromatic heterocycles. The zero-order chi connectivity index (χ0) is 11.2. The molecular formula is C13H23N3. The molecule has 0 spiro atoms. The van der Waals surface area contributed by atoms with Gasteiger partial charge in [-0.15, -0.1) is 0 Å². The van der Waals surface area contributed by atoms with Crippen LogP contribution in [0.15, 0.2) is 6.20 Å². The Kier molecular flexibility index (Phi) is 4.40. The lowest BCUT2D eigenvalue weighted by Crippen LogP contribution is -2.29. The fourth-order valence-electron chi connectivity index (χ4n) is 2.48. The number of hydrogen-bond acceptors (Lipinski definition) is 2. The molecule has 3 heteroatoms. The van der Waals surface area contributed by atoms with Crippen molar-refractivity contribution in [1.82, 2.24) is 15.3 Å². The highest BCUT2D eigenvalue weighted by Crippen LogP contribution is 2.17. The van der Waals surface area contributed by atoms with E-state index in [-0.39, 0.29) is 0 Å². The molecule has 0 aliphatic heterocycles. The lowest BCUT2D eigenvalue weighted by molar-refractivity contribution is 0.387. The Morgan fingerprint density at radius 2 is 1.94 bits per heavy atom. The van der Waals surface area contributed by atoms with Crippen molar-refractivity contribution in [1.29, 1.82) is 0 Å². The molecule has 0 atom stereocenters. The Labute approximate surface area is 98.1 Å². The number of H-pyrrole nitrogens is 1. The molecule has 1 aliphatic carbocycles. The minimum Gasteiger partial charge on any atom is -0.345 e. The summed E-state index contributed by atoms with van der Waals surface area (Å²) in [6.07, 6.45) is 11.7. The highest BCUT2D eigenvalue weighted by molar-refractivity contribution is 4.99. The molecule has 0 radical (unpaired) electrons. The van der Waals surface area contributed by atoms with Crippen molar-refractivity contribution >= 4 is 0 Å². The molecule has 0 bridgehead atoms. The number of hydrogen-bond donors (Lipinski definition) is 2. The molecular weight excluding hydrogens is 198 g/mol. The molecule has 90 valence electrons. The standard InChI is InChI=1S/C13H23N3/c1-11-14-9-13(16-11)10-15-12-7-5-3-2-4-6-8-12/h9,12,15H,2-8,10H2,1H3,(H,14,16). The van der Waals surface area contributed by atoms with Crippen LogP contribution in [0.3, 0.4) is 0 Å². The number of nitrogens with zero attached hydrogens (tertiary/aromatic N) is 1.